The molecule has 0 aromatic heterocycles. The molecule has 0 bridgehead atoms. The molecule has 4 nitrogen and oxygen atoms in total. The zero-order chi connectivity index (χ0) is 14.2. The summed E-state index contributed by atoms with van der Waals surface area (Å²) in [6.45, 7) is 9.54. The molecule has 0 unspecified atom stereocenters. The lowest BCUT2D eigenvalue weighted by Gasteiger charge is -2.26. The van der Waals surface area contributed by atoms with Crippen LogP contribution in [-0.2, 0) is 4.74 Å². The van der Waals surface area contributed by atoms with Crippen molar-refractivity contribution in [1.29, 1.82) is 0 Å². The van der Waals surface area contributed by atoms with Crippen LogP contribution < -0.4 is 9.47 Å². The number of benzene rings is 1. The molecule has 112 valence electrons. The molecule has 1 aliphatic rings. The molecule has 0 radical (unpaired) electrons. The topological polar surface area (TPSA) is 30.9 Å². The lowest BCUT2D eigenvalue weighted by molar-refractivity contribution is 0.0322. The van der Waals surface area contributed by atoms with Crippen LogP contribution in [0.5, 0.6) is 11.5 Å². The minimum Gasteiger partial charge on any atom is -0.492 e. The maximum absolute atomic E-state index is 5.76. The van der Waals surface area contributed by atoms with Gasteiger partial charge in [-0.15, -0.1) is 0 Å². The molecule has 1 aromatic rings. The Bertz CT molecular complexity index is 374. The van der Waals surface area contributed by atoms with Crippen molar-refractivity contribution in [2.45, 2.75) is 26.4 Å². The Morgan fingerprint density at radius 2 is 1.80 bits per heavy atom. The molecular weight excluding hydrogens is 254 g/mol. The minimum absolute atomic E-state index is 0.253. The van der Waals surface area contributed by atoms with Crippen molar-refractivity contribution in [2.75, 3.05) is 39.5 Å². The van der Waals surface area contributed by atoms with E-state index in [2.05, 4.69) is 18.7 Å². The molecule has 0 aliphatic carbocycles. The van der Waals surface area contributed by atoms with Crippen LogP contribution >= 0.6 is 0 Å². The van der Waals surface area contributed by atoms with Gasteiger partial charge in [-0.05, 0) is 37.6 Å². The van der Waals surface area contributed by atoms with Crippen molar-refractivity contribution < 1.29 is 14.2 Å². The van der Waals surface area contributed by atoms with E-state index in [1.54, 1.807) is 0 Å². The first kappa shape index (κ1) is 15.1. The van der Waals surface area contributed by atoms with Gasteiger partial charge in [0.2, 0.25) is 0 Å². The van der Waals surface area contributed by atoms with Crippen LogP contribution in [0.25, 0.3) is 0 Å². The first-order valence-corrected chi connectivity index (χ1v) is 7.47. The summed E-state index contributed by atoms with van der Waals surface area (Å²) in [6.07, 6.45) is 1.26. The van der Waals surface area contributed by atoms with Crippen molar-refractivity contribution in [1.82, 2.24) is 4.90 Å². The van der Waals surface area contributed by atoms with E-state index in [0.717, 1.165) is 50.8 Å². The predicted octanol–water partition coefficient (Wildman–Crippen LogP) is 2.57. The van der Waals surface area contributed by atoms with Gasteiger partial charge in [-0.1, -0.05) is 6.92 Å². The molecule has 4 heteroatoms. The summed E-state index contributed by atoms with van der Waals surface area (Å²) in [6, 6.07) is 7.88. The quantitative estimate of drug-likeness (QED) is 0.767. The molecule has 0 spiro atoms. The maximum Gasteiger partial charge on any atom is 0.119 e. The van der Waals surface area contributed by atoms with Gasteiger partial charge < -0.3 is 14.2 Å². The molecule has 1 saturated heterocycles. The summed E-state index contributed by atoms with van der Waals surface area (Å²) in [7, 11) is 0. The Morgan fingerprint density at radius 3 is 2.45 bits per heavy atom. The lowest BCUT2D eigenvalue weighted by Crippen LogP contribution is -2.38. The standard InChI is InChI=1S/C16H25NO3/c1-3-14(2)20-16-6-4-15(5-7-16)19-13-10-17-8-11-18-12-9-17/h4-7,14H,3,8-13H2,1-2H3/t14-/m1/s1. The first-order valence-electron chi connectivity index (χ1n) is 7.47. The van der Waals surface area contributed by atoms with Crippen molar-refractivity contribution in [3.8, 4) is 11.5 Å². The second kappa shape index (κ2) is 8.12. The third kappa shape index (κ3) is 5.02. The van der Waals surface area contributed by atoms with E-state index in [-0.39, 0.29) is 6.10 Å². The molecule has 1 aliphatic heterocycles. The number of morpholine rings is 1. The van der Waals surface area contributed by atoms with Gasteiger partial charge in [0, 0.05) is 19.6 Å². The van der Waals surface area contributed by atoms with E-state index in [1.807, 2.05) is 24.3 Å². The smallest absolute Gasteiger partial charge is 0.119 e. The Hall–Kier alpha value is -1.26. The summed E-state index contributed by atoms with van der Waals surface area (Å²) in [5, 5.41) is 0. The SMILES string of the molecule is CC[C@@H](C)Oc1ccc(OCCN2CCOCC2)cc1. The first-order chi connectivity index (χ1) is 9.78. The molecule has 0 amide bonds. The van der Waals surface area contributed by atoms with Crippen LogP contribution in [0.2, 0.25) is 0 Å². The van der Waals surface area contributed by atoms with E-state index < -0.39 is 0 Å². The highest BCUT2D eigenvalue weighted by Crippen LogP contribution is 2.19. The minimum atomic E-state index is 0.253. The highest BCUT2D eigenvalue weighted by atomic mass is 16.5. The van der Waals surface area contributed by atoms with Crippen molar-refractivity contribution in [2.24, 2.45) is 0 Å². The van der Waals surface area contributed by atoms with Gasteiger partial charge in [0.1, 0.15) is 18.1 Å². The van der Waals surface area contributed by atoms with Gasteiger partial charge in [-0.2, -0.15) is 0 Å². The van der Waals surface area contributed by atoms with Crippen molar-refractivity contribution in [3.05, 3.63) is 24.3 Å². The van der Waals surface area contributed by atoms with E-state index in [4.69, 9.17) is 14.2 Å². The largest absolute Gasteiger partial charge is 0.492 e. The number of ether oxygens (including phenoxy) is 3. The Kier molecular flexibility index (Phi) is 6.15. The molecule has 0 N–H and O–H groups in total. The monoisotopic (exact) mass is 279 g/mol. The molecular formula is C16H25NO3. The van der Waals surface area contributed by atoms with Crippen LogP contribution in [-0.4, -0.2) is 50.5 Å². The normalized spacial score (nSPS) is 17.7. The van der Waals surface area contributed by atoms with Gasteiger partial charge in [0.25, 0.3) is 0 Å². The third-order valence-corrected chi connectivity index (χ3v) is 3.52. The summed E-state index contributed by atoms with van der Waals surface area (Å²) in [5.41, 5.74) is 0. The van der Waals surface area contributed by atoms with Gasteiger partial charge in [0.15, 0.2) is 0 Å². The molecule has 1 fully saturated rings. The number of rotatable bonds is 7. The maximum atomic E-state index is 5.76. The average Bonchev–Trinajstić information content (AvgIpc) is 2.50. The van der Waals surface area contributed by atoms with E-state index in [9.17, 15) is 0 Å². The number of hydrogen-bond donors (Lipinski definition) is 0. The average molecular weight is 279 g/mol. The number of nitrogens with zero attached hydrogens (tertiary/aromatic N) is 1. The summed E-state index contributed by atoms with van der Waals surface area (Å²) < 4.78 is 16.8. The number of hydrogen-bond acceptors (Lipinski definition) is 4. The van der Waals surface area contributed by atoms with Gasteiger partial charge in [-0.25, -0.2) is 0 Å². The van der Waals surface area contributed by atoms with Gasteiger partial charge in [-0.3, -0.25) is 4.90 Å². The molecule has 1 aromatic carbocycles. The van der Waals surface area contributed by atoms with Crippen molar-refractivity contribution in [3.63, 3.8) is 0 Å². The zero-order valence-corrected chi connectivity index (χ0v) is 12.5. The zero-order valence-electron chi connectivity index (χ0n) is 12.5. The fourth-order valence-electron chi connectivity index (χ4n) is 2.05. The predicted molar refractivity (Wildman–Crippen MR) is 79.6 cm³/mol. The highest BCUT2D eigenvalue weighted by molar-refractivity contribution is 5.31. The molecule has 1 atom stereocenters. The molecule has 20 heavy (non-hydrogen) atoms. The Morgan fingerprint density at radius 1 is 1.15 bits per heavy atom. The summed E-state index contributed by atoms with van der Waals surface area (Å²) >= 11 is 0. The van der Waals surface area contributed by atoms with Crippen LogP contribution in [0, 0.1) is 0 Å². The van der Waals surface area contributed by atoms with Crippen LogP contribution in [0.15, 0.2) is 24.3 Å². The summed E-state index contributed by atoms with van der Waals surface area (Å²) in [4.78, 5) is 2.36. The van der Waals surface area contributed by atoms with Gasteiger partial charge in [0.05, 0.1) is 19.3 Å². The lowest BCUT2D eigenvalue weighted by atomic mass is 10.3. The second-order valence-electron chi connectivity index (χ2n) is 5.11. The van der Waals surface area contributed by atoms with Gasteiger partial charge >= 0.3 is 0 Å². The Balaban J connectivity index is 1.70. The third-order valence-electron chi connectivity index (χ3n) is 3.52. The fraction of sp³-hybridized carbons (Fsp3) is 0.625. The van der Waals surface area contributed by atoms with Crippen LogP contribution in [0.4, 0.5) is 0 Å². The molecule has 2 rings (SSSR count). The van der Waals surface area contributed by atoms with Crippen LogP contribution in [0.1, 0.15) is 20.3 Å². The van der Waals surface area contributed by atoms with Crippen molar-refractivity contribution >= 4 is 0 Å². The van der Waals surface area contributed by atoms with Crippen LogP contribution in [0.3, 0.4) is 0 Å². The second-order valence-corrected chi connectivity index (χ2v) is 5.11. The Labute approximate surface area is 121 Å². The highest BCUT2D eigenvalue weighted by Gasteiger charge is 2.09. The van der Waals surface area contributed by atoms with E-state index in [0.29, 0.717) is 6.61 Å². The van der Waals surface area contributed by atoms with E-state index >= 15 is 0 Å². The van der Waals surface area contributed by atoms with E-state index in [1.165, 1.54) is 0 Å². The summed E-state index contributed by atoms with van der Waals surface area (Å²) in [5.74, 6) is 1.80. The molecule has 1 heterocycles. The fourth-order valence-corrected chi connectivity index (χ4v) is 2.05. The molecule has 0 saturated carbocycles.